The number of hydrogen-bond donors (Lipinski definition) is 2. The van der Waals surface area contributed by atoms with Gasteiger partial charge in [-0.1, -0.05) is 6.58 Å². The van der Waals surface area contributed by atoms with Crippen LogP contribution >= 0.6 is 0 Å². The lowest BCUT2D eigenvalue weighted by Crippen LogP contribution is -2.50. The van der Waals surface area contributed by atoms with Gasteiger partial charge in [0.25, 0.3) is 17.7 Å². The van der Waals surface area contributed by atoms with Crippen LogP contribution in [0.1, 0.15) is 20.8 Å². The Morgan fingerprint density at radius 3 is 2.27 bits per heavy atom. The maximum atomic E-state index is 11.9. The van der Waals surface area contributed by atoms with Gasteiger partial charge in [-0.15, -0.1) is 0 Å². The molecule has 0 aliphatic carbocycles. The van der Waals surface area contributed by atoms with E-state index in [1.165, 1.54) is 6.92 Å². The van der Waals surface area contributed by atoms with Gasteiger partial charge in [0.1, 0.15) is 11.8 Å². The van der Waals surface area contributed by atoms with Gasteiger partial charge < -0.3 is 15.4 Å². The molecule has 2 atom stereocenters. The van der Waals surface area contributed by atoms with Gasteiger partial charge >= 0.3 is 0 Å². The number of rotatable bonds is 7. The van der Waals surface area contributed by atoms with Crippen molar-refractivity contribution in [2.75, 3.05) is 6.61 Å². The molecule has 1 aliphatic rings. The molecule has 0 bridgehead atoms. The molecule has 8 nitrogen and oxygen atoms in total. The fourth-order valence-electron chi connectivity index (χ4n) is 1.74. The Bertz CT molecular complexity index is 523. The van der Waals surface area contributed by atoms with Gasteiger partial charge in [0, 0.05) is 18.8 Å². The average Bonchev–Trinajstić information content (AvgIpc) is 2.77. The van der Waals surface area contributed by atoms with Crippen LogP contribution in [0.25, 0.3) is 0 Å². The van der Waals surface area contributed by atoms with Crippen molar-refractivity contribution in [2.24, 2.45) is 0 Å². The molecule has 0 saturated heterocycles. The molecule has 0 spiro atoms. The Hall–Kier alpha value is -2.48. The molecule has 0 radical (unpaired) electrons. The van der Waals surface area contributed by atoms with E-state index in [9.17, 15) is 19.2 Å². The zero-order chi connectivity index (χ0) is 16.9. The SMILES string of the molecule is C=C(C(=O)NC(C)NC(=O)C(C)OCC)N1C(=O)C=CC1=O. The lowest BCUT2D eigenvalue weighted by molar-refractivity contribution is -0.138. The van der Waals surface area contributed by atoms with Gasteiger partial charge in [-0.05, 0) is 20.8 Å². The van der Waals surface area contributed by atoms with Gasteiger partial charge in [-0.2, -0.15) is 0 Å². The number of hydrogen-bond acceptors (Lipinski definition) is 5. The van der Waals surface area contributed by atoms with Crippen molar-refractivity contribution in [3.8, 4) is 0 Å². The molecule has 4 amide bonds. The van der Waals surface area contributed by atoms with Crippen molar-refractivity contribution in [3.05, 3.63) is 24.4 Å². The molecule has 0 saturated carbocycles. The average molecular weight is 309 g/mol. The Morgan fingerprint density at radius 1 is 1.23 bits per heavy atom. The molecule has 2 unspecified atom stereocenters. The summed E-state index contributed by atoms with van der Waals surface area (Å²) in [7, 11) is 0. The second-order valence-corrected chi connectivity index (χ2v) is 4.59. The third-order valence-electron chi connectivity index (χ3n) is 2.83. The van der Waals surface area contributed by atoms with Gasteiger partial charge in [-0.25, -0.2) is 4.90 Å². The molecular formula is C14H19N3O5. The molecule has 1 rings (SSSR count). The summed E-state index contributed by atoms with van der Waals surface area (Å²) >= 11 is 0. The van der Waals surface area contributed by atoms with E-state index in [1.807, 2.05) is 0 Å². The highest BCUT2D eigenvalue weighted by Gasteiger charge is 2.30. The van der Waals surface area contributed by atoms with Crippen molar-refractivity contribution < 1.29 is 23.9 Å². The third-order valence-corrected chi connectivity index (χ3v) is 2.83. The maximum Gasteiger partial charge on any atom is 0.269 e. The second kappa shape index (κ2) is 7.51. The van der Waals surface area contributed by atoms with Crippen LogP contribution in [0.3, 0.4) is 0 Å². The van der Waals surface area contributed by atoms with Crippen molar-refractivity contribution in [3.63, 3.8) is 0 Å². The van der Waals surface area contributed by atoms with Crippen molar-refractivity contribution >= 4 is 23.6 Å². The Labute approximate surface area is 128 Å². The van der Waals surface area contributed by atoms with E-state index in [-0.39, 0.29) is 5.70 Å². The molecule has 1 heterocycles. The van der Waals surface area contributed by atoms with Crippen molar-refractivity contribution in [1.29, 1.82) is 0 Å². The van der Waals surface area contributed by atoms with E-state index in [2.05, 4.69) is 17.2 Å². The first-order chi connectivity index (χ1) is 10.3. The number of imide groups is 1. The molecule has 1 aliphatic heterocycles. The zero-order valence-corrected chi connectivity index (χ0v) is 12.7. The highest BCUT2D eigenvalue weighted by Crippen LogP contribution is 2.10. The molecule has 22 heavy (non-hydrogen) atoms. The van der Waals surface area contributed by atoms with Crippen LogP contribution in [0.15, 0.2) is 24.4 Å². The Morgan fingerprint density at radius 2 is 1.77 bits per heavy atom. The van der Waals surface area contributed by atoms with Crippen molar-refractivity contribution in [2.45, 2.75) is 33.0 Å². The summed E-state index contributed by atoms with van der Waals surface area (Å²) in [6, 6.07) is 0. The monoisotopic (exact) mass is 309 g/mol. The van der Waals surface area contributed by atoms with Gasteiger partial charge in [0.15, 0.2) is 0 Å². The normalized spacial score (nSPS) is 16.4. The van der Waals surface area contributed by atoms with Crippen LogP contribution in [0, 0.1) is 0 Å². The van der Waals surface area contributed by atoms with E-state index < -0.39 is 35.9 Å². The van der Waals surface area contributed by atoms with Crippen LogP contribution in [0.5, 0.6) is 0 Å². The minimum Gasteiger partial charge on any atom is -0.369 e. The summed E-state index contributed by atoms with van der Waals surface area (Å²) in [5.74, 6) is -2.39. The first-order valence-corrected chi connectivity index (χ1v) is 6.75. The molecule has 0 aromatic heterocycles. The largest absolute Gasteiger partial charge is 0.369 e. The Kier molecular flexibility index (Phi) is 6.00. The molecule has 8 heteroatoms. The molecule has 2 N–H and O–H groups in total. The molecular weight excluding hydrogens is 290 g/mol. The van der Waals surface area contributed by atoms with Crippen LogP contribution < -0.4 is 10.6 Å². The predicted octanol–water partition coefficient (Wildman–Crippen LogP) is -0.571. The zero-order valence-electron chi connectivity index (χ0n) is 12.7. The third kappa shape index (κ3) is 4.26. The summed E-state index contributed by atoms with van der Waals surface area (Å²) in [5.41, 5.74) is -0.307. The van der Waals surface area contributed by atoms with E-state index >= 15 is 0 Å². The van der Waals surface area contributed by atoms with Crippen molar-refractivity contribution in [1.82, 2.24) is 15.5 Å². The summed E-state index contributed by atoms with van der Waals surface area (Å²) in [6.45, 7) is 8.70. The molecule has 0 fully saturated rings. The summed E-state index contributed by atoms with van der Waals surface area (Å²) < 4.78 is 5.12. The molecule has 0 aromatic carbocycles. The van der Waals surface area contributed by atoms with Crippen LogP contribution in [0.2, 0.25) is 0 Å². The minimum atomic E-state index is -0.734. The lowest BCUT2D eigenvalue weighted by atomic mass is 10.3. The van der Waals surface area contributed by atoms with E-state index in [1.54, 1.807) is 13.8 Å². The fraction of sp³-hybridized carbons (Fsp3) is 0.429. The number of ether oxygens (including phenoxy) is 1. The minimum absolute atomic E-state index is 0.307. The standard InChI is InChI=1S/C14H19N3O5/c1-5-22-9(3)14(21)16-10(4)15-13(20)8(2)17-11(18)6-7-12(17)19/h6-7,9-10H,2,5H2,1,3-4H3,(H,15,20)(H,16,21). The fourth-order valence-corrected chi connectivity index (χ4v) is 1.74. The number of amides is 4. The number of carbonyl (C=O) groups is 4. The number of nitrogens with zero attached hydrogens (tertiary/aromatic N) is 1. The summed E-state index contributed by atoms with van der Waals surface area (Å²) in [6.07, 6.45) is 0.727. The molecule has 0 aromatic rings. The lowest BCUT2D eigenvalue weighted by Gasteiger charge is -2.21. The van der Waals surface area contributed by atoms with Crippen LogP contribution in [-0.2, 0) is 23.9 Å². The molecule has 120 valence electrons. The number of carbonyl (C=O) groups excluding carboxylic acids is 4. The Balaban J connectivity index is 2.54. The van der Waals surface area contributed by atoms with E-state index in [0.29, 0.717) is 11.5 Å². The van der Waals surface area contributed by atoms with E-state index in [0.717, 1.165) is 12.2 Å². The van der Waals surface area contributed by atoms with Crippen LogP contribution in [0.4, 0.5) is 0 Å². The number of nitrogens with one attached hydrogen (secondary N) is 2. The van der Waals surface area contributed by atoms with Gasteiger partial charge in [-0.3, -0.25) is 19.2 Å². The predicted molar refractivity (Wildman–Crippen MR) is 77.0 cm³/mol. The van der Waals surface area contributed by atoms with Crippen LogP contribution in [-0.4, -0.2) is 47.4 Å². The smallest absolute Gasteiger partial charge is 0.269 e. The second-order valence-electron chi connectivity index (χ2n) is 4.59. The topological polar surface area (TPSA) is 105 Å². The highest BCUT2D eigenvalue weighted by molar-refractivity contribution is 6.18. The summed E-state index contributed by atoms with van der Waals surface area (Å²) in [5, 5.41) is 4.95. The summed E-state index contributed by atoms with van der Waals surface area (Å²) in [4.78, 5) is 47.2. The van der Waals surface area contributed by atoms with Gasteiger partial charge in [0.05, 0.1) is 6.17 Å². The quantitative estimate of drug-likeness (QED) is 0.372. The first-order valence-electron chi connectivity index (χ1n) is 6.75. The highest BCUT2D eigenvalue weighted by atomic mass is 16.5. The van der Waals surface area contributed by atoms with E-state index in [4.69, 9.17) is 4.74 Å². The van der Waals surface area contributed by atoms with Gasteiger partial charge in [0.2, 0.25) is 5.91 Å². The maximum absolute atomic E-state index is 11.9. The first kappa shape index (κ1) is 17.6.